The van der Waals surface area contributed by atoms with E-state index in [0.29, 0.717) is 31.1 Å². The number of nitrogens with zero attached hydrogens (tertiary/aromatic N) is 2. The molecule has 0 aliphatic carbocycles. The van der Waals surface area contributed by atoms with Crippen LogP contribution < -0.4 is 5.73 Å². The van der Waals surface area contributed by atoms with Crippen molar-refractivity contribution in [3.8, 4) is 0 Å². The zero-order valence-electron chi connectivity index (χ0n) is 16.0. The van der Waals surface area contributed by atoms with Crippen molar-refractivity contribution in [1.29, 1.82) is 0 Å². The zero-order chi connectivity index (χ0) is 19.3. The largest absolute Gasteiger partial charge is 0.345 e. The Balaban J connectivity index is 1.93. The van der Waals surface area contributed by atoms with Crippen LogP contribution in [0.2, 0.25) is 0 Å². The summed E-state index contributed by atoms with van der Waals surface area (Å²) in [6.07, 6.45) is 2.35. The lowest BCUT2D eigenvalue weighted by molar-refractivity contribution is -0.135. The fourth-order valence-corrected chi connectivity index (χ4v) is 3.24. The molecule has 2 amide bonds. The minimum absolute atomic E-state index is 0.0672. The van der Waals surface area contributed by atoms with Gasteiger partial charge in [-0.05, 0) is 49.4 Å². The molecule has 2 atom stereocenters. The molecule has 1 aromatic rings. The van der Waals surface area contributed by atoms with Gasteiger partial charge in [0.1, 0.15) is 5.82 Å². The summed E-state index contributed by atoms with van der Waals surface area (Å²) >= 11 is 0. The maximum Gasteiger partial charge on any atom is 0.253 e. The molecule has 0 saturated carbocycles. The van der Waals surface area contributed by atoms with Gasteiger partial charge >= 0.3 is 0 Å². The van der Waals surface area contributed by atoms with E-state index in [9.17, 15) is 14.0 Å². The highest BCUT2D eigenvalue weighted by Gasteiger charge is 2.30. The Morgan fingerprint density at radius 3 is 2.58 bits per heavy atom. The Morgan fingerprint density at radius 1 is 1.31 bits per heavy atom. The Labute approximate surface area is 155 Å². The van der Waals surface area contributed by atoms with Gasteiger partial charge in [0.05, 0.1) is 5.92 Å². The second kappa shape index (κ2) is 9.12. The van der Waals surface area contributed by atoms with Gasteiger partial charge in [0.2, 0.25) is 5.91 Å². The number of piperidine rings is 1. The van der Waals surface area contributed by atoms with Crippen LogP contribution in [0.4, 0.5) is 4.39 Å². The molecule has 1 saturated heterocycles. The number of amides is 2. The minimum atomic E-state index is -0.366. The summed E-state index contributed by atoms with van der Waals surface area (Å²) < 4.78 is 13.0. The van der Waals surface area contributed by atoms with Crippen LogP contribution in [-0.2, 0) is 4.79 Å². The summed E-state index contributed by atoms with van der Waals surface area (Å²) in [5, 5.41) is 0. The molecule has 0 aromatic heterocycles. The molecule has 2 unspecified atom stereocenters. The van der Waals surface area contributed by atoms with Crippen molar-refractivity contribution in [1.82, 2.24) is 9.80 Å². The molecule has 2 rings (SSSR count). The molecule has 1 aliphatic heterocycles. The van der Waals surface area contributed by atoms with Gasteiger partial charge in [0.25, 0.3) is 5.91 Å². The van der Waals surface area contributed by atoms with Crippen LogP contribution in [0.25, 0.3) is 0 Å². The highest BCUT2D eigenvalue weighted by Crippen LogP contribution is 2.21. The lowest BCUT2D eigenvalue weighted by Gasteiger charge is -2.34. The monoisotopic (exact) mass is 363 g/mol. The number of hydrogen-bond donors (Lipinski definition) is 1. The average molecular weight is 363 g/mol. The first kappa shape index (κ1) is 20.4. The van der Waals surface area contributed by atoms with Crippen molar-refractivity contribution in [3.63, 3.8) is 0 Å². The normalized spacial score (nSPS) is 18.7. The van der Waals surface area contributed by atoms with E-state index in [1.807, 2.05) is 0 Å². The lowest BCUT2D eigenvalue weighted by atomic mass is 9.95. The molecule has 144 valence electrons. The number of nitrogens with two attached hydrogens (primary N) is 1. The van der Waals surface area contributed by atoms with E-state index in [-0.39, 0.29) is 29.6 Å². The Kier molecular flexibility index (Phi) is 7.14. The number of carbonyl (C=O) groups excluding carboxylic acids is 2. The number of carbonyl (C=O) groups is 2. The van der Waals surface area contributed by atoms with Crippen molar-refractivity contribution in [3.05, 3.63) is 35.6 Å². The molecular weight excluding hydrogens is 333 g/mol. The number of likely N-dealkylation sites (tertiary alicyclic amines) is 1. The highest BCUT2D eigenvalue weighted by molar-refractivity contribution is 5.94. The van der Waals surface area contributed by atoms with Gasteiger partial charge in [-0.25, -0.2) is 4.39 Å². The molecule has 5 nitrogen and oxygen atoms in total. The molecule has 2 N–H and O–H groups in total. The summed E-state index contributed by atoms with van der Waals surface area (Å²) in [5.41, 5.74) is 6.52. The molecule has 0 radical (unpaired) electrons. The van der Waals surface area contributed by atoms with Crippen LogP contribution in [0, 0.1) is 17.7 Å². The first-order chi connectivity index (χ1) is 12.3. The molecule has 1 aliphatic rings. The van der Waals surface area contributed by atoms with Gasteiger partial charge in [0.15, 0.2) is 0 Å². The quantitative estimate of drug-likeness (QED) is 0.844. The summed E-state index contributed by atoms with van der Waals surface area (Å²) in [7, 11) is 1.80. The van der Waals surface area contributed by atoms with Gasteiger partial charge in [-0.3, -0.25) is 9.59 Å². The van der Waals surface area contributed by atoms with Gasteiger partial charge in [0, 0.05) is 38.3 Å². The van der Waals surface area contributed by atoms with Gasteiger partial charge in [-0.2, -0.15) is 0 Å². The van der Waals surface area contributed by atoms with Crippen molar-refractivity contribution in [2.75, 3.05) is 26.7 Å². The van der Waals surface area contributed by atoms with Crippen molar-refractivity contribution >= 4 is 11.8 Å². The van der Waals surface area contributed by atoms with Crippen LogP contribution in [-0.4, -0.2) is 54.3 Å². The second-order valence-electron chi connectivity index (χ2n) is 7.55. The first-order valence-electron chi connectivity index (χ1n) is 9.35. The predicted octanol–water partition coefficient (Wildman–Crippen LogP) is 2.51. The minimum Gasteiger partial charge on any atom is -0.345 e. The van der Waals surface area contributed by atoms with Gasteiger partial charge < -0.3 is 15.5 Å². The molecule has 1 fully saturated rings. The van der Waals surface area contributed by atoms with E-state index in [0.717, 1.165) is 19.3 Å². The van der Waals surface area contributed by atoms with Crippen molar-refractivity contribution < 1.29 is 14.0 Å². The van der Waals surface area contributed by atoms with Crippen molar-refractivity contribution in [2.24, 2.45) is 17.6 Å². The van der Waals surface area contributed by atoms with Gasteiger partial charge in [-0.15, -0.1) is 0 Å². The van der Waals surface area contributed by atoms with Crippen molar-refractivity contribution in [2.45, 2.75) is 39.2 Å². The van der Waals surface area contributed by atoms with E-state index in [4.69, 9.17) is 5.73 Å². The predicted molar refractivity (Wildman–Crippen MR) is 100 cm³/mol. The van der Waals surface area contributed by atoms with Crippen LogP contribution in [0.1, 0.15) is 43.5 Å². The fraction of sp³-hybridized carbons (Fsp3) is 0.600. The standard InChI is InChI=1S/C20H30FN3O2/c1-14(2)18(22)10-12-23(3)19(25)16-5-4-11-24(13-16)20(26)15-6-8-17(21)9-7-15/h6-9,14,16,18H,4-5,10-13,22H2,1-3H3. The van der Waals surface area contributed by atoms with Crippen LogP contribution >= 0.6 is 0 Å². The molecular formula is C20H30FN3O2. The van der Waals surface area contributed by atoms with Gasteiger partial charge in [-0.1, -0.05) is 13.8 Å². The number of hydrogen-bond acceptors (Lipinski definition) is 3. The second-order valence-corrected chi connectivity index (χ2v) is 7.55. The van der Waals surface area contributed by atoms with Crippen LogP contribution in [0.3, 0.4) is 0 Å². The van der Waals surface area contributed by atoms with E-state index in [2.05, 4.69) is 13.8 Å². The summed E-state index contributed by atoms with van der Waals surface area (Å²) in [6.45, 7) is 5.82. The molecule has 1 heterocycles. The number of rotatable bonds is 6. The molecule has 1 aromatic carbocycles. The SMILES string of the molecule is CC(C)C(N)CCN(C)C(=O)C1CCCN(C(=O)c2ccc(F)cc2)C1. The van der Waals surface area contributed by atoms with Crippen LogP contribution in [0.15, 0.2) is 24.3 Å². The molecule has 6 heteroatoms. The summed E-state index contributed by atoms with van der Waals surface area (Å²) in [5.74, 6) is -0.246. The summed E-state index contributed by atoms with van der Waals surface area (Å²) in [4.78, 5) is 28.8. The third-order valence-electron chi connectivity index (χ3n) is 5.18. The summed E-state index contributed by atoms with van der Waals surface area (Å²) in [6, 6.07) is 5.62. The average Bonchev–Trinajstić information content (AvgIpc) is 2.65. The maximum absolute atomic E-state index is 13.0. The Hall–Kier alpha value is -1.95. The fourth-order valence-electron chi connectivity index (χ4n) is 3.24. The highest BCUT2D eigenvalue weighted by atomic mass is 19.1. The third kappa shape index (κ3) is 5.27. The topological polar surface area (TPSA) is 66.6 Å². The maximum atomic E-state index is 13.0. The van der Waals surface area contributed by atoms with E-state index in [1.165, 1.54) is 24.3 Å². The first-order valence-corrected chi connectivity index (χ1v) is 9.35. The molecule has 0 spiro atoms. The van der Waals surface area contributed by atoms with E-state index >= 15 is 0 Å². The van der Waals surface area contributed by atoms with Crippen LogP contribution in [0.5, 0.6) is 0 Å². The molecule has 26 heavy (non-hydrogen) atoms. The lowest BCUT2D eigenvalue weighted by Crippen LogP contribution is -2.46. The Morgan fingerprint density at radius 2 is 1.96 bits per heavy atom. The Bertz CT molecular complexity index is 618. The van der Waals surface area contributed by atoms with E-state index < -0.39 is 0 Å². The smallest absolute Gasteiger partial charge is 0.253 e. The zero-order valence-corrected chi connectivity index (χ0v) is 16.0. The van der Waals surface area contributed by atoms with E-state index in [1.54, 1.807) is 16.8 Å². The number of halogens is 1. The third-order valence-corrected chi connectivity index (χ3v) is 5.18. The number of benzene rings is 1. The molecule has 0 bridgehead atoms.